The molecule has 0 saturated carbocycles. The normalized spacial score (nSPS) is 15.9. The minimum atomic E-state index is -0.403. The zero-order valence-corrected chi connectivity index (χ0v) is 17.3. The molecule has 162 valence electrons. The van der Waals surface area contributed by atoms with E-state index in [1.54, 1.807) is 29.4 Å². The zero-order chi connectivity index (χ0) is 21.9. The first kappa shape index (κ1) is 19.9. The maximum atomic E-state index is 12.7. The highest BCUT2D eigenvalue weighted by Gasteiger charge is 2.34. The summed E-state index contributed by atoms with van der Waals surface area (Å²) >= 11 is 0. The van der Waals surface area contributed by atoms with Crippen molar-refractivity contribution in [1.29, 1.82) is 0 Å². The molecule has 1 aromatic carbocycles. The fourth-order valence-electron chi connectivity index (χ4n) is 3.81. The summed E-state index contributed by atoms with van der Waals surface area (Å²) in [7, 11) is 0. The van der Waals surface area contributed by atoms with Crippen LogP contribution in [-0.2, 0) is 22.7 Å². The fourth-order valence-corrected chi connectivity index (χ4v) is 3.81. The third kappa shape index (κ3) is 4.34. The molecule has 0 radical (unpaired) electrons. The van der Waals surface area contributed by atoms with E-state index in [9.17, 15) is 9.59 Å². The Morgan fingerprint density at radius 3 is 2.97 bits per heavy atom. The molecule has 1 saturated heterocycles. The van der Waals surface area contributed by atoms with Gasteiger partial charge in [-0.15, -0.1) is 0 Å². The first-order valence-corrected chi connectivity index (χ1v) is 10.4. The number of hydrogen-bond donors (Lipinski definition) is 1. The molecule has 0 bridgehead atoms. The second-order valence-electron chi connectivity index (χ2n) is 7.76. The Morgan fingerprint density at radius 2 is 2.12 bits per heavy atom. The van der Waals surface area contributed by atoms with Crippen molar-refractivity contribution < 1.29 is 18.7 Å². The van der Waals surface area contributed by atoms with Crippen molar-refractivity contribution in [1.82, 2.24) is 14.3 Å². The number of fused-ring (bicyclic) bond motifs is 1. The summed E-state index contributed by atoms with van der Waals surface area (Å²) in [6.07, 6.45) is 5.62. The quantitative estimate of drug-likeness (QED) is 0.485. The van der Waals surface area contributed by atoms with Gasteiger partial charge in [0.05, 0.1) is 24.4 Å². The summed E-state index contributed by atoms with van der Waals surface area (Å²) in [6, 6.07) is 16.6. The Morgan fingerprint density at radius 1 is 1.19 bits per heavy atom. The van der Waals surface area contributed by atoms with E-state index in [0.29, 0.717) is 36.9 Å². The summed E-state index contributed by atoms with van der Waals surface area (Å²) in [5.41, 5.74) is 2.30. The minimum absolute atomic E-state index is 0.0499. The van der Waals surface area contributed by atoms with Gasteiger partial charge in [0.2, 0.25) is 11.8 Å². The van der Waals surface area contributed by atoms with Crippen LogP contribution in [0, 0.1) is 5.92 Å². The van der Waals surface area contributed by atoms with Crippen LogP contribution in [0.4, 0.5) is 5.69 Å². The first-order chi connectivity index (χ1) is 15.6. The third-order valence-corrected chi connectivity index (χ3v) is 5.41. The molecule has 8 heteroatoms. The number of anilines is 1. The Kier molecular flexibility index (Phi) is 5.33. The van der Waals surface area contributed by atoms with E-state index in [1.165, 1.54) is 0 Å². The number of aromatic nitrogens is 2. The number of imidazole rings is 1. The van der Waals surface area contributed by atoms with Gasteiger partial charge in [0.15, 0.2) is 0 Å². The van der Waals surface area contributed by atoms with Crippen molar-refractivity contribution in [3.05, 3.63) is 84.7 Å². The Labute approximate surface area is 184 Å². The monoisotopic (exact) mass is 430 g/mol. The van der Waals surface area contributed by atoms with Crippen LogP contribution in [0.1, 0.15) is 17.9 Å². The van der Waals surface area contributed by atoms with Gasteiger partial charge in [-0.05, 0) is 36.4 Å². The number of likely N-dealkylation sites (tertiary alicyclic amines) is 1. The highest BCUT2D eigenvalue weighted by Crippen LogP contribution is 2.24. The van der Waals surface area contributed by atoms with E-state index < -0.39 is 5.92 Å². The summed E-state index contributed by atoms with van der Waals surface area (Å²) in [6.45, 7) is 1.06. The molecule has 1 fully saturated rings. The Hall–Kier alpha value is -4.07. The lowest BCUT2D eigenvalue weighted by Gasteiger charge is -2.15. The maximum absolute atomic E-state index is 12.7. The fraction of sp³-hybridized carbons (Fsp3) is 0.208. The van der Waals surface area contributed by atoms with Crippen LogP contribution in [0.2, 0.25) is 0 Å². The molecule has 8 nitrogen and oxygen atoms in total. The third-order valence-electron chi connectivity index (χ3n) is 5.41. The molecule has 2 amide bonds. The highest BCUT2D eigenvalue weighted by molar-refractivity contribution is 5.97. The molecular weight excluding hydrogens is 408 g/mol. The molecular formula is C24H22N4O4. The standard InChI is InChI=1S/C24H22N4O4/c29-23-11-17(13-28(23)15-21-7-4-10-31-21)24(30)26-18-5-3-6-20(12-18)32-16-19-14-27-9-2-1-8-22(27)25-19/h1-10,12,14,17H,11,13,15-16H2,(H,26,30). The zero-order valence-electron chi connectivity index (χ0n) is 17.3. The van der Waals surface area contributed by atoms with Crippen molar-refractivity contribution >= 4 is 23.1 Å². The molecule has 0 spiro atoms. The Balaban J connectivity index is 1.18. The van der Waals surface area contributed by atoms with Crippen LogP contribution in [0.25, 0.3) is 5.65 Å². The van der Waals surface area contributed by atoms with Gasteiger partial charge in [-0.3, -0.25) is 9.59 Å². The van der Waals surface area contributed by atoms with Gasteiger partial charge < -0.3 is 23.8 Å². The number of nitrogens with zero attached hydrogens (tertiary/aromatic N) is 3. The van der Waals surface area contributed by atoms with Crippen LogP contribution in [0.15, 0.2) is 77.7 Å². The summed E-state index contributed by atoms with van der Waals surface area (Å²) in [4.78, 5) is 31.2. The number of furan rings is 1. The molecule has 4 heterocycles. The minimum Gasteiger partial charge on any atom is -0.487 e. The summed E-state index contributed by atoms with van der Waals surface area (Å²) < 4.78 is 13.1. The number of pyridine rings is 1. The predicted molar refractivity (Wildman–Crippen MR) is 117 cm³/mol. The smallest absolute Gasteiger partial charge is 0.229 e. The second-order valence-corrected chi connectivity index (χ2v) is 7.76. The Bertz CT molecular complexity index is 1210. The SMILES string of the molecule is O=C(Nc1cccc(OCc2cn3ccccc3n2)c1)C1CC(=O)N(Cc2ccco2)C1. The van der Waals surface area contributed by atoms with E-state index >= 15 is 0 Å². The molecule has 0 aliphatic carbocycles. The number of benzene rings is 1. The number of carbonyl (C=O) groups is 2. The van der Waals surface area contributed by atoms with Crippen LogP contribution in [0.5, 0.6) is 5.75 Å². The average Bonchev–Trinajstić information content (AvgIpc) is 3.53. The van der Waals surface area contributed by atoms with Crippen molar-refractivity contribution in [3.63, 3.8) is 0 Å². The van der Waals surface area contributed by atoms with Gasteiger partial charge >= 0.3 is 0 Å². The van der Waals surface area contributed by atoms with Crippen molar-refractivity contribution in [2.24, 2.45) is 5.92 Å². The second kappa shape index (κ2) is 8.58. The number of rotatable bonds is 7. The number of ether oxygens (including phenoxy) is 1. The lowest BCUT2D eigenvalue weighted by Crippen LogP contribution is -2.27. The van der Waals surface area contributed by atoms with Gasteiger partial charge in [-0.25, -0.2) is 4.98 Å². The molecule has 32 heavy (non-hydrogen) atoms. The molecule has 1 atom stereocenters. The van der Waals surface area contributed by atoms with Gasteiger partial charge in [0, 0.05) is 37.1 Å². The number of hydrogen-bond acceptors (Lipinski definition) is 5. The number of amides is 2. The molecule has 4 aromatic rings. The van der Waals surface area contributed by atoms with Crippen LogP contribution in [0.3, 0.4) is 0 Å². The van der Waals surface area contributed by atoms with Gasteiger partial charge in [0.1, 0.15) is 23.8 Å². The average molecular weight is 430 g/mol. The van der Waals surface area contributed by atoms with E-state index in [4.69, 9.17) is 9.15 Å². The maximum Gasteiger partial charge on any atom is 0.229 e. The molecule has 3 aromatic heterocycles. The molecule has 5 rings (SSSR count). The van der Waals surface area contributed by atoms with Gasteiger partial charge in [0.25, 0.3) is 0 Å². The van der Waals surface area contributed by atoms with E-state index in [0.717, 1.165) is 11.3 Å². The van der Waals surface area contributed by atoms with Crippen molar-refractivity contribution in [2.75, 3.05) is 11.9 Å². The van der Waals surface area contributed by atoms with E-state index in [1.807, 2.05) is 53.2 Å². The van der Waals surface area contributed by atoms with Crippen LogP contribution in [-0.4, -0.2) is 32.6 Å². The van der Waals surface area contributed by atoms with Crippen molar-refractivity contribution in [3.8, 4) is 5.75 Å². The lowest BCUT2D eigenvalue weighted by molar-refractivity contribution is -0.128. The van der Waals surface area contributed by atoms with Crippen LogP contribution >= 0.6 is 0 Å². The molecule has 1 aliphatic rings. The van der Waals surface area contributed by atoms with Gasteiger partial charge in [-0.2, -0.15) is 0 Å². The molecule has 1 aliphatic heterocycles. The summed E-state index contributed by atoms with van der Waals surface area (Å²) in [5, 5.41) is 2.90. The van der Waals surface area contributed by atoms with Crippen molar-refractivity contribution in [2.45, 2.75) is 19.6 Å². The largest absolute Gasteiger partial charge is 0.487 e. The van der Waals surface area contributed by atoms with Gasteiger partial charge in [-0.1, -0.05) is 12.1 Å². The van der Waals surface area contributed by atoms with Crippen LogP contribution < -0.4 is 10.1 Å². The topological polar surface area (TPSA) is 89.1 Å². The first-order valence-electron chi connectivity index (χ1n) is 10.4. The number of nitrogens with one attached hydrogen (secondary N) is 1. The summed E-state index contributed by atoms with van der Waals surface area (Å²) in [5.74, 6) is 0.695. The van der Waals surface area contributed by atoms with E-state index in [2.05, 4.69) is 10.3 Å². The molecule has 1 unspecified atom stereocenters. The number of carbonyl (C=O) groups excluding carboxylic acids is 2. The molecule has 1 N–H and O–H groups in total. The highest BCUT2D eigenvalue weighted by atomic mass is 16.5. The lowest BCUT2D eigenvalue weighted by atomic mass is 10.1. The predicted octanol–water partition coefficient (Wildman–Crippen LogP) is 3.49. The van der Waals surface area contributed by atoms with E-state index in [-0.39, 0.29) is 18.2 Å².